The van der Waals surface area contributed by atoms with Crippen molar-refractivity contribution in [2.45, 2.75) is 31.4 Å². The number of nitrogens with one attached hydrogen (secondary N) is 1. The van der Waals surface area contributed by atoms with E-state index in [-0.39, 0.29) is 0 Å². The average molecular weight is 272 g/mol. The SMILES string of the molecule is CCNc1ccc(CSc2ccc(C)cc2C)cn1. The summed E-state index contributed by atoms with van der Waals surface area (Å²) in [6.07, 6.45) is 1.95. The summed E-state index contributed by atoms with van der Waals surface area (Å²) in [5, 5.41) is 3.21. The molecule has 1 N–H and O–H groups in total. The van der Waals surface area contributed by atoms with Gasteiger partial charge in [-0.3, -0.25) is 0 Å². The molecule has 2 aromatic rings. The Morgan fingerprint density at radius 2 is 2.00 bits per heavy atom. The smallest absolute Gasteiger partial charge is 0.125 e. The van der Waals surface area contributed by atoms with Crippen molar-refractivity contribution in [1.29, 1.82) is 0 Å². The second-order valence-electron chi connectivity index (χ2n) is 4.64. The number of hydrogen-bond donors (Lipinski definition) is 1. The number of rotatable bonds is 5. The van der Waals surface area contributed by atoms with Gasteiger partial charge < -0.3 is 5.32 Å². The minimum atomic E-state index is 0.906. The second-order valence-corrected chi connectivity index (χ2v) is 5.66. The lowest BCUT2D eigenvalue weighted by molar-refractivity contribution is 1.14. The van der Waals surface area contributed by atoms with Crippen molar-refractivity contribution in [3.05, 3.63) is 53.2 Å². The monoisotopic (exact) mass is 272 g/mol. The minimum Gasteiger partial charge on any atom is -0.370 e. The first-order valence-electron chi connectivity index (χ1n) is 6.58. The van der Waals surface area contributed by atoms with Crippen molar-refractivity contribution in [3.8, 4) is 0 Å². The number of aryl methyl sites for hydroxylation is 2. The van der Waals surface area contributed by atoms with E-state index in [2.05, 4.69) is 55.3 Å². The van der Waals surface area contributed by atoms with Crippen molar-refractivity contribution in [3.63, 3.8) is 0 Å². The molecule has 3 heteroatoms. The summed E-state index contributed by atoms with van der Waals surface area (Å²) >= 11 is 1.87. The molecule has 1 aromatic heterocycles. The van der Waals surface area contributed by atoms with Crippen molar-refractivity contribution in [2.24, 2.45) is 0 Å². The van der Waals surface area contributed by atoms with Gasteiger partial charge in [0.05, 0.1) is 0 Å². The van der Waals surface area contributed by atoms with E-state index in [0.717, 1.165) is 18.1 Å². The van der Waals surface area contributed by atoms with Gasteiger partial charge >= 0.3 is 0 Å². The van der Waals surface area contributed by atoms with Crippen LogP contribution in [0.4, 0.5) is 5.82 Å². The first kappa shape index (κ1) is 13.9. The zero-order chi connectivity index (χ0) is 13.7. The van der Waals surface area contributed by atoms with Crippen LogP contribution in [0.1, 0.15) is 23.6 Å². The predicted molar refractivity (Wildman–Crippen MR) is 83.9 cm³/mol. The molecular formula is C16H20N2S. The third-order valence-electron chi connectivity index (χ3n) is 2.91. The average Bonchev–Trinajstić information content (AvgIpc) is 2.40. The number of anilines is 1. The first-order valence-corrected chi connectivity index (χ1v) is 7.56. The summed E-state index contributed by atoms with van der Waals surface area (Å²) in [5.41, 5.74) is 3.92. The number of nitrogens with zero attached hydrogens (tertiary/aromatic N) is 1. The lowest BCUT2D eigenvalue weighted by Crippen LogP contribution is -1.98. The molecule has 1 aromatic carbocycles. The molecule has 0 unspecified atom stereocenters. The maximum Gasteiger partial charge on any atom is 0.125 e. The van der Waals surface area contributed by atoms with Gasteiger partial charge in [-0.05, 0) is 44.0 Å². The molecular weight excluding hydrogens is 252 g/mol. The van der Waals surface area contributed by atoms with Crippen molar-refractivity contribution < 1.29 is 0 Å². The van der Waals surface area contributed by atoms with Crippen LogP contribution in [0.25, 0.3) is 0 Å². The Kier molecular flexibility index (Phi) is 4.86. The summed E-state index contributed by atoms with van der Waals surface area (Å²) in [4.78, 5) is 5.74. The summed E-state index contributed by atoms with van der Waals surface area (Å²) in [5.74, 6) is 1.91. The molecule has 0 aliphatic rings. The van der Waals surface area contributed by atoms with Crippen LogP contribution in [-0.4, -0.2) is 11.5 Å². The number of pyridine rings is 1. The zero-order valence-electron chi connectivity index (χ0n) is 11.7. The Balaban J connectivity index is 1.98. The van der Waals surface area contributed by atoms with E-state index < -0.39 is 0 Å². The van der Waals surface area contributed by atoms with Gasteiger partial charge in [0.25, 0.3) is 0 Å². The van der Waals surface area contributed by atoms with Gasteiger partial charge in [0, 0.05) is 23.4 Å². The van der Waals surface area contributed by atoms with Crippen LogP contribution >= 0.6 is 11.8 Å². The summed E-state index contributed by atoms with van der Waals surface area (Å²) < 4.78 is 0. The fourth-order valence-corrected chi connectivity index (χ4v) is 2.86. The molecule has 0 atom stereocenters. The Bertz CT molecular complexity index is 535. The van der Waals surface area contributed by atoms with Crippen LogP contribution in [0, 0.1) is 13.8 Å². The molecule has 0 radical (unpaired) electrons. The van der Waals surface area contributed by atoms with Crippen LogP contribution in [0.15, 0.2) is 41.4 Å². The summed E-state index contributed by atoms with van der Waals surface area (Å²) in [6.45, 7) is 7.28. The van der Waals surface area contributed by atoms with Crippen LogP contribution in [-0.2, 0) is 5.75 Å². The molecule has 0 saturated carbocycles. The molecule has 0 saturated heterocycles. The molecule has 0 bridgehead atoms. The van der Waals surface area contributed by atoms with Crippen molar-refractivity contribution in [2.75, 3.05) is 11.9 Å². The topological polar surface area (TPSA) is 24.9 Å². The van der Waals surface area contributed by atoms with E-state index >= 15 is 0 Å². The van der Waals surface area contributed by atoms with E-state index in [9.17, 15) is 0 Å². The standard InChI is InChI=1S/C16H20N2S/c1-4-17-16-8-6-14(10-18-16)11-19-15-7-5-12(2)9-13(15)3/h5-10H,4,11H2,1-3H3,(H,17,18). The molecule has 0 spiro atoms. The molecule has 100 valence electrons. The van der Waals surface area contributed by atoms with Gasteiger partial charge in [-0.2, -0.15) is 0 Å². The fourth-order valence-electron chi connectivity index (χ4n) is 1.92. The van der Waals surface area contributed by atoms with Crippen LogP contribution < -0.4 is 5.32 Å². The lowest BCUT2D eigenvalue weighted by Gasteiger charge is -2.07. The highest BCUT2D eigenvalue weighted by Crippen LogP contribution is 2.26. The maximum absolute atomic E-state index is 4.39. The third kappa shape index (κ3) is 4.00. The lowest BCUT2D eigenvalue weighted by atomic mass is 10.2. The quantitative estimate of drug-likeness (QED) is 0.815. The number of benzene rings is 1. The number of hydrogen-bond acceptors (Lipinski definition) is 3. The number of thioether (sulfide) groups is 1. The molecule has 1 heterocycles. The van der Waals surface area contributed by atoms with Crippen LogP contribution in [0.2, 0.25) is 0 Å². The molecule has 19 heavy (non-hydrogen) atoms. The van der Waals surface area contributed by atoms with E-state index in [1.165, 1.54) is 21.6 Å². The largest absolute Gasteiger partial charge is 0.370 e. The van der Waals surface area contributed by atoms with Crippen molar-refractivity contribution >= 4 is 17.6 Å². The molecule has 0 amide bonds. The number of aromatic nitrogens is 1. The van der Waals surface area contributed by atoms with E-state index in [1.54, 1.807) is 0 Å². The summed E-state index contributed by atoms with van der Waals surface area (Å²) in [7, 11) is 0. The van der Waals surface area contributed by atoms with Gasteiger partial charge in [0.15, 0.2) is 0 Å². The zero-order valence-corrected chi connectivity index (χ0v) is 12.6. The highest BCUT2D eigenvalue weighted by atomic mass is 32.2. The van der Waals surface area contributed by atoms with Gasteiger partial charge in [0.2, 0.25) is 0 Å². The van der Waals surface area contributed by atoms with Crippen LogP contribution in [0.5, 0.6) is 0 Å². The highest BCUT2D eigenvalue weighted by molar-refractivity contribution is 7.98. The fraction of sp³-hybridized carbons (Fsp3) is 0.312. The third-order valence-corrected chi connectivity index (χ3v) is 4.15. The minimum absolute atomic E-state index is 0.906. The van der Waals surface area contributed by atoms with E-state index in [0.29, 0.717) is 0 Å². The van der Waals surface area contributed by atoms with Crippen LogP contribution in [0.3, 0.4) is 0 Å². The maximum atomic E-state index is 4.39. The van der Waals surface area contributed by atoms with E-state index in [4.69, 9.17) is 0 Å². The Hall–Kier alpha value is -1.48. The van der Waals surface area contributed by atoms with E-state index in [1.807, 2.05) is 24.0 Å². The van der Waals surface area contributed by atoms with Gasteiger partial charge in [-0.15, -0.1) is 11.8 Å². The Morgan fingerprint density at radius 1 is 1.16 bits per heavy atom. The van der Waals surface area contributed by atoms with Gasteiger partial charge in [-0.25, -0.2) is 4.98 Å². The normalized spacial score (nSPS) is 10.5. The predicted octanol–water partition coefficient (Wildman–Crippen LogP) is 4.42. The van der Waals surface area contributed by atoms with Gasteiger partial charge in [-0.1, -0.05) is 23.8 Å². The Morgan fingerprint density at radius 3 is 2.63 bits per heavy atom. The molecule has 0 aliphatic carbocycles. The molecule has 2 rings (SSSR count). The van der Waals surface area contributed by atoms with Gasteiger partial charge in [0.1, 0.15) is 5.82 Å². The Labute approximate surface area is 119 Å². The first-order chi connectivity index (χ1) is 9.19. The highest BCUT2D eigenvalue weighted by Gasteiger charge is 2.01. The molecule has 0 fully saturated rings. The molecule has 2 nitrogen and oxygen atoms in total. The second kappa shape index (κ2) is 6.62. The summed E-state index contributed by atoms with van der Waals surface area (Å²) in [6, 6.07) is 10.8. The van der Waals surface area contributed by atoms with Crippen molar-refractivity contribution in [1.82, 2.24) is 4.98 Å². The molecule has 0 aliphatic heterocycles.